The fraction of sp³-hybridized carbons (Fsp3) is 0.647. The number of hydrogen-bond donors (Lipinski definition) is 3. The lowest BCUT2D eigenvalue weighted by molar-refractivity contribution is 0.101. The first kappa shape index (κ1) is 18.0. The van der Waals surface area contributed by atoms with Crippen molar-refractivity contribution in [2.24, 2.45) is 5.41 Å². The number of para-hydroxylation sites is 1. The lowest BCUT2D eigenvalue weighted by atomic mass is 9.90. The Morgan fingerprint density at radius 3 is 2.43 bits per heavy atom. The summed E-state index contributed by atoms with van der Waals surface area (Å²) >= 11 is 0. The molecule has 3 N–H and O–H groups in total. The number of aryl methyl sites for hydroxylation is 2. The van der Waals surface area contributed by atoms with E-state index in [2.05, 4.69) is 19.2 Å². The van der Waals surface area contributed by atoms with E-state index in [4.69, 9.17) is 9.84 Å². The number of aliphatic hydroxyl groups excluding tert-OH is 2. The molecule has 1 unspecified atom stereocenters. The van der Waals surface area contributed by atoms with Crippen molar-refractivity contribution in [1.82, 2.24) is 5.32 Å². The standard InChI is InChI=1S/C17H29NO3/c1-13-6-5-7-14(2)16(13)21-11-15(20)10-18-12-17(3,4)8-9-19/h5-7,15,18-20H,8-12H2,1-4H3. The van der Waals surface area contributed by atoms with E-state index in [-0.39, 0.29) is 18.6 Å². The van der Waals surface area contributed by atoms with Gasteiger partial charge in [-0.05, 0) is 36.8 Å². The van der Waals surface area contributed by atoms with Crippen molar-refractivity contribution in [3.8, 4) is 5.75 Å². The van der Waals surface area contributed by atoms with Crippen LogP contribution in [0.5, 0.6) is 5.75 Å². The molecule has 0 saturated carbocycles. The molecule has 0 amide bonds. The van der Waals surface area contributed by atoms with E-state index in [1.54, 1.807) is 0 Å². The summed E-state index contributed by atoms with van der Waals surface area (Å²) in [7, 11) is 0. The number of hydrogen-bond acceptors (Lipinski definition) is 4. The quantitative estimate of drug-likeness (QED) is 0.652. The lowest BCUT2D eigenvalue weighted by Gasteiger charge is -2.25. The minimum Gasteiger partial charge on any atom is -0.490 e. The van der Waals surface area contributed by atoms with Crippen molar-refractivity contribution in [2.45, 2.75) is 40.2 Å². The molecule has 0 fully saturated rings. The predicted molar refractivity (Wildman–Crippen MR) is 85.8 cm³/mol. The molecule has 1 atom stereocenters. The minimum atomic E-state index is -0.547. The third kappa shape index (κ3) is 6.46. The van der Waals surface area contributed by atoms with Crippen LogP contribution in [-0.2, 0) is 0 Å². The van der Waals surface area contributed by atoms with E-state index in [1.165, 1.54) is 0 Å². The monoisotopic (exact) mass is 295 g/mol. The van der Waals surface area contributed by atoms with Gasteiger partial charge < -0.3 is 20.3 Å². The van der Waals surface area contributed by atoms with Crippen LogP contribution in [0.3, 0.4) is 0 Å². The molecule has 0 bridgehead atoms. The Labute approximate surface area is 128 Å². The van der Waals surface area contributed by atoms with Gasteiger partial charge in [-0.1, -0.05) is 32.0 Å². The maximum Gasteiger partial charge on any atom is 0.125 e. The van der Waals surface area contributed by atoms with Gasteiger partial charge in [0, 0.05) is 19.7 Å². The van der Waals surface area contributed by atoms with Gasteiger partial charge >= 0.3 is 0 Å². The third-order valence-electron chi connectivity index (χ3n) is 3.60. The Kier molecular flexibility index (Phi) is 7.15. The van der Waals surface area contributed by atoms with Crippen LogP contribution >= 0.6 is 0 Å². The Hall–Kier alpha value is -1.10. The molecule has 0 aliphatic heterocycles. The summed E-state index contributed by atoms with van der Waals surface area (Å²) < 4.78 is 5.73. The number of nitrogens with one attached hydrogen (secondary N) is 1. The van der Waals surface area contributed by atoms with Crippen LogP contribution < -0.4 is 10.1 Å². The maximum absolute atomic E-state index is 9.98. The van der Waals surface area contributed by atoms with E-state index < -0.39 is 6.10 Å². The second-order valence-electron chi connectivity index (χ2n) is 6.45. The van der Waals surface area contributed by atoms with Crippen molar-refractivity contribution < 1.29 is 14.9 Å². The topological polar surface area (TPSA) is 61.7 Å². The van der Waals surface area contributed by atoms with Crippen molar-refractivity contribution >= 4 is 0 Å². The minimum absolute atomic E-state index is 0.0297. The summed E-state index contributed by atoms with van der Waals surface area (Å²) in [6.45, 7) is 9.90. The van der Waals surface area contributed by atoms with Crippen LogP contribution in [-0.4, -0.2) is 42.6 Å². The molecule has 1 rings (SSSR count). The molecule has 0 aromatic heterocycles. The molecule has 4 heteroatoms. The van der Waals surface area contributed by atoms with E-state index in [1.807, 2.05) is 32.0 Å². The Bertz CT molecular complexity index is 412. The number of benzene rings is 1. The Morgan fingerprint density at radius 1 is 1.24 bits per heavy atom. The zero-order chi connectivity index (χ0) is 15.9. The van der Waals surface area contributed by atoms with E-state index in [9.17, 15) is 5.11 Å². The van der Waals surface area contributed by atoms with Crippen LogP contribution in [0.2, 0.25) is 0 Å². The molecule has 1 aromatic rings. The maximum atomic E-state index is 9.98. The molecule has 1 aromatic carbocycles. The molecule has 0 saturated heterocycles. The molecule has 120 valence electrons. The highest BCUT2D eigenvalue weighted by Gasteiger charge is 2.17. The van der Waals surface area contributed by atoms with Crippen LogP contribution in [0.4, 0.5) is 0 Å². The van der Waals surface area contributed by atoms with E-state index >= 15 is 0 Å². The van der Waals surface area contributed by atoms with Gasteiger partial charge in [0.25, 0.3) is 0 Å². The Morgan fingerprint density at radius 2 is 1.86 bits per heavy atom. The van der Waals surface area contributed by atoms with Gasteiger partial charge in [-0.3, -0.25) is 0 Å². The zero-order valence-electron chi connectivity index (χ0n) is 13.6. The summed E-state index contributed by atoms with van der Waals surface area (Å²) in [6, 6.07) is 6.01. The smallest absolute Gasteiger partial charge is 0.125 e. The lowest BCUT2D eigenvalue weighted by Crippen LogP contribution is -2.37. The van der Waals surface area contributed by atoms with Gasteiger partial charge in [0.2, 0.25) is 0 Å². The summed E-state index contributed by atoms with van der Waals surface area (Å²) in [4.78, 5) is 0. The molecular weight excluding hydrogens is 266 g/mol. The Balaban J connectivity index is 2.33. The first-order valence-electron chi connectivity index (χ1n) is 7.54. The van der Waals surface area contributed by atoms with Gasteiger partial charge in [-0.2, -0.15) is 0 Å². The summed E-state index contributed by atoms with van der Waals surface area (Å²) in [5.74, 6) is 0.858. The fourth-order valence-corrected chi connectivity index (χ4v) is 2.23. The number of aliphatic hydroxyl groups is 2. The first-order chi connectivity index (χ1) is 9.85. The normalized spacial score (nSPS) is 13.2. The van der Waals surface area contributed by atoms with Crippen LogP contribution in [0.1, 0.15) is 31.4 Å². The van der Waals surface area contributed by atoms with Crippen molar-refractivity contribution in [3.05, 3.63) is 29.3 Å². The van der Waals surface area contributed by atoms with Crippen molar-refractivity contribution in [3.63, 3.8) is 0 Å². The molecule has 0 heterocycles. The van der Waals surface area contributed by atoms with Crippen LogP contribution in [0.25, 0.3) is 0 Å². The van der Waals surface area contributed by atoms with Gasteiger partial charge in [0.1, 0.15) is 18.5 Å². The second kappa shape index (κ2) is 8.37. The molecule has 0 aliphatic rings. The van der Waals surface area contributed by atoms with E-state index in [0.29, 0.717) is 6.54 Å². The fourth-order valence-electron chi connectivity index (χ4n) is 2.23. The second-order valence-corrected chi connectivity index (χ2v) is 6.45. The summed E-state index contributed by atoms with van der Waals surface area (Å²) in [6.07, 6.45) is 0.198. The highest BCUT2D eigenvalue weighted by atomic mass is 16.5. The van der Waals surface area contributed by atoms with Gasteiger partial charge in [0.15, 0.2) is 0 Å². The van der Waals surface area contributed by atoms with Gasteiger partial charge in [-0.15, -0.1) is 0 Å². The van der Waals surface area contributed by atoms with Gasteiger partial charge in [-0.25, -0.2) is 0 Å². The highest BCUT2D eigenvalue weighted by Crippen LogP contribution is 2.22. The molecule has 0 aliphatic carbocycles. The van der Waals surface area contributed by atoms with Crippen LogP contribution in [0, 0.1) is 19.3 Å². The average molecular weight is 295 g/mol. The largest absolute Gasteiger partial charge is 0.490 e. The average Bonchev–Trinajstić information content (AvgIpc) is 2.37. The zero-order valence-corrected chi connectivity index (χ0v) is 13.6. The van der Waals surface area contributed by atoms with Crippen molar-refractivity contribution in [2.75, 3.05) is 26.3 Å². The summed E-state index contributed by atoms with van der Waals surface area (Å²) in [5.41, 5.74) is 2.19. The number of rotatable bonds is 9. The molecule has 0 spiro atoms. The van der Waals surface area contributed by atoms with E-state index in [0.717, 1.165) is 29.8 Å². The van der Waals surface area contributed by atoms with Gasteiger partial charge in [0.05, 0.1) is 0 Å². The number of ether oxygens (including phenoxy) is 1. The molecule has 4 nitrogen and oxygen atoms in total. The molecule has 21 heavy (non-hydrogen) atoms. The van der Waals surface area contributed by atoms with Crippen LogP contribution in [0.15, 0.2) is 18.2 Å². The molecular formula is C17H29NO3. The van der Waals surface area contributed by atoms with Crippen molar-refractivity contribution in [1.29, 1.82) is 0 Å². The third-order valence-corrected chi connectivity index (χ3v) is 3.60. The molecule has 0 radical (unpaired) electrons. The first-order valence-corrected chi connectivity index (χ1v) is 7.54. The summed E-state index contributed by atoms with van der Waals surface area (Å²) in [5, 5.41) is 22.2. The predicted octanol–water partition coefficient (Wildman–Crippen LogP) is 2.04. The highest BCUT2D eigenvalue weighted by molar-refractivity contribution is 5.39. The SMILES string of the molecule is Cc1cccc(C)c1OCC(O)CNCC(C)(C)CCO.